The standard InChI is InChI=1S/C24H22N6O3S/c1-24(12-25)13-33-11-15-5-4-14(6-18(15)24)21(31)27-8-16-7-19-20(9-26-16)34-23(28-19)17-10-30(2)29-22(17)32-3/h4-7,9-10H,8,11,13H2,1-3H3,(H,27,31)/t24-/m1/s1. The molecule has 172 valence electrons. The maximum Gasteiger partial charge on any atom is 0.251 e. The van der Waals surface area contributed by atoms with Crippen LogP contribution in [0.5, 0.6) is 5.88 Å². The van der Waals surface area contributed by atoms with Gasteiger partial charge in [-0.15, -0.1) is 16.4 Å². The van der Waals surface area contributed by atoms with E-state index in [9.17, 15) is 10.1 Å². The number of ether oxygens (including phenoxy) is 2. The van der Waals surface area contributed by atoms with Crippen LogP contribution in [0.15, 0.2) is 36.7 Å². The lowest BCUT2D eigenvalue weighted by Crippen LogP contribution is -2.33. The van der Waals surface area contributed by atoms with Crippen molar-refractivity contribution in [1.29, 1.82) is 5.26 Å². The number of amides is 1. The second-order valence-electron chi connectivity index (χ2n) is 8.38. The molecule has 0 saturated heterocycles. The van der Waals surface area contributed by atoms with Gasteiger partial charge in [-0.1, -0.05) is 6.07 Å². The fourth-order valence-corrected chi connectivity index (χ4v) is 4.94. The molecule has 1 amide bonds. The third-order valence-corrected chi connectivity index (χ3v) is 6.88. The molecule has 1 aromatic carbocycles. The number of fused-ring (bicyclic) bond motifs is 2. The van der Waals surface area contributed by atoms with Crippen molar-refractivity contribution in [2.45, 2.75) is 25.5 Å². The predicted octanol–water partition coefficient (Wildman–Crippen LogP) is 3.34. The topological polar surface area (TPSA) is 115 Å². The number of carbonyl (C=O) groups excluding carboxylic acids is 1. The largest absolute Gasteiger partial charge is 0.479 e. The first-order valence-corrected chi connectivity index (χ1v) is 11.5. The highest BCUT2D eigenvalue weighted by atomic mass is 32.1. The van der Waals surface area contributed by atoms with E-state index in [0.717, 1.165) is 31.9 Å². The zero-order valence-corrected chi connectivity index (χ0v) is 19.8. The van der Waals surface area contributed by atoms with Crippen LogP contribution in [0.3, 0.4) is 0 Å². The number of methoxy groups -OCH3 is 1. The highest BCUT2D eigenvalue weighted by Crippen LogP contribution is 2.35. The molecule has 1 N–H and O–H groups in total. The number of pyridine rings is 1. The monoisotopic (exact) mass is 474 g/mol. The molecular weight excluding hydrogens is 452 g/mol. The highest BCUT2D eigenvalue weighted by Gasteiger charge is 2.33. The van der Waals surface area contributed by atoms with E-state index in [0.29, 0.717) is 30.4 Å². The first kappa shape index (κ1) is 22.0. The number of nitriles is 1. The Morgan fingerprint density at radius 1 is 1.41 bits per heavy atom. The summed E-state index contributed by atoms with van der Waals surface area (Å²) < 4.78 is 13.5. The van der Waals surface area contributed by atoms with Gasteiger partial charge in [-0.25, -0.2) is 4.98 Å². The van der Waals surface area contributed by atoms with E-state index in [4.69, 9.17) is 14.5 Å². The summed E-state index contributed by atoms with van der Waals surface area (Å²) in [6.45, 7) is 2.84. The Labute approximate surface area is 200 Å². The average Bonchev–Trinajstić information content (AvgIpc) is 3.45. The van der Waals surface area contributed by atoms with Gasteiger partial charge < -0.3 is 14.8 Å². The molecule has 4 aromatic rings. The Bertz CT molecular complexity index is 1450. The number of nitrogens with one attached hydrogen (secondary N) is 1. The Morgan fingerprint density at radius 3 is 3.06 bits per heavy atom. The lowest BCUT2D eigenvalue weighted by atomic mass is 9.79. The maximum atomic E-state index is 12.8. The fraction of sp³-hybridized carbons (Fsp3) is 0.292. The molecule has 10 heteroatoms. The predicted molar refractivity (Wildman–Crippen MR) is 126 cm³/mol. The molecular formula is C24H22N6O3S. The Kier molecular flexibility index (Phi) is 5.51. The summed E-state index contributed by atoms with van der Waals surface area (Å²) in [6.07, 6.45) is 3.63. The van der Waals surface area contributed by atoms with Crippen molar-refractivity contribution in [2.24, 2.45) is 7.05 Å². The van der Waals surface area contributed by atoms with E-state index in [1.807, 2.05) is 32.3 Å². The summed E-state index contributed by atoms with van der Waals surface area (Å²) in [7, 11) is 3.41. The summed E-state index contributed by atoms with van der Waals surface area (Å²) in [6, 6.07) is 9.59. The first-order chi connectivity index (χ1) is 16.4. The van der Waals surface area contributed by atoms with Gasteiger partial charge in [0.25, 0.3) is 5.91 Å². The van der Waals surface area contributed by atoms with Crippen LogP contribution >= 0.6 is 11.3 Å². The van der Waals surface area contributed by atoms with Crippen LogP contribution in [0.1, 0.15) is 34.1 Å². The SMILES string of the molecule is COc1nn(C)cc1-c1nc2cc(CNC(=O)c3ccc4c(c3)[C@](C)(C#N)COC4)ncc2s1. The van der Waals surface area contributed by atoms with Crippen LogP contribution in [-0.4, -0.2) is 39.4 Å². The second kappa shape index (κ2) is 8.52. The maximum absolute atomic E-state index is 12.8. The number of nitrogens with zero attached hydrogens (tertiary/aromatic N) is 5. The van der Waals surface area contributed by atoms with Crippen LogP contribution in [0.25, 0.3) is 20.8 Å². The van der Waals surface area contributed by atoms with Crippen LogP contribution in [0.2, 0.25) is 0 Å². The van der Waals surface area contributed by atoms with Crippen LogP contribution in [-0.2, 0) is 30.4 Å². The number of benzene rings is 1. The van der Waals surface area contributed by atoms with Gasteiger partial charge >= 0.3 is 0 Å². The first-order valence-electron chi connectivity index (χ1n) is 10.6. The Morgan fingerprint density at radius 2 is 2.26 bits per heavy atom. The van der Waals surface area contributed by atoms with Crippen molar-refractivity contribution >= 4 is 27.5 Å². The van der Waals surface area contributed by atoms with Gasteiger partial charge in [0.05, 0.1) is 54.4 Å². The zero-order valence-electron chi connectivity index (χ0n) is 19.0. The van der Waals surface area contributed by atoms with E-state index < -0.39 is 5.41 Å². The van der Waals surface area contributed by atoms with Gasteiger partial charge in [0.15, 0.2) is 0 Å². The normalized spacial score (nSPS) is 17.2. The summed E-state index contributed by atoms with van der Waals surface area (Å²) in [4.78, 5) is 22.0. The van der Waals surface area contributed by atoms with Gasteiger partial charge in [-0.2, -0.15) is 5.26 Å². The van der Waals surface area contributed by atoms with Crippen LogP contribution in [0, 0.1) is 11.3 Å². The van der Waals surface area contributed by atoms with E-state index in [1.165, 1.54) is 11.3 Å². The van der Waals surface area contributed by atoms with Crippen molar-refractivity contribution in [1.82, 2.24) is 25.1 Å². The van der Waals surface area contributed by atoms with Gasteiger partial charge in [0.2, 0.25) is 5.88 Å². The van der Waals surface area contributed by atoms with Gasteiger partial charge in [-0.05, 0) is 36.2 Å². The number of aryl methyl sites for hydroxylation is 1. The molecule has 0 unspecified atom stereocenters. The molecule has 0 aliphatic carbocycles. The van der Waals surface area contributed by atoms with Crippen molar-refractivity contribution in [3.05, 3.63) is 59.0 Å². The van der Waals surface area contributed by atoms with Crippen LogP contribution in [0.4, 0.5) is 0 Å². The smallest absolute Gasteiger partial charge is 0.251 e. The summed E-state index contributed by atoms with van der Waals surface area (Å²) in [5.74, 6) is 0.293. The third-order valence-electron chi connectivity index (χ3n) is 5.84. The molecule has 1 atom stereocenters. The molecule has 0 bridgehead atoms. The van der Waals surface area contributed by atoms with Crippen molar-refractivity contribution in [2.75, 3.05) is 13.7 Å². The minimum atomic E-state index is -0.768. The molecule has 3 aromatic heterocycles. The van der Waals surface area contributed by atoms with E-state index in [-0.39, 0.29) is 12.5 Å². The average molecular weight is 475 g/mol. The lowest BCUT2D eigenvalue weighted by molar-refractivity contribution is 0.0757. The minimum absolute atomic E-state index is 0.226. The number of carbonyl (C=O) groups is 1. The molecule has 0 saturated carbocycles. The molecule has 9 nitrogen and oxygen atoms in total. The molecule has 0 fully saturated rings. The number of hydrogen-bond donors (Lipinski definition) is 1. The molecule has 1 aliphatic heterocycles. The van der Waals surface area contributed by atoms with E-state index >= 15 is 0 Å². The number of thiazole rings is 1. The van der Waals surface area contributed by atoms with E-state index in [2.05, 4.69) is 21.5 Å². The molecule has 0 radical (unpaired) electrons. The fourth-order valence-electron chi connectivity index (χ4n) is 4.02. The van der Waals surface area contributed by atoms with Gasteiger partial charge in [-0.3, -0.25) is 14.5 Å². The number of rotatable bonds is 5. The third kappa shape index (κ3) is 3.89. The summed E-state index contributed by atoms with van der Waals surface area (Å²) >= 11 is 1.51. The second-order valence-corrected chi connectivity index (χ2v) is 9.41. The summed E-state index contributed by atoms with van der Waals surface area (Å²) in [5.41, 5.74) is 3.83. The van der Waals surface area contributed by atoms with Gasteiger partial charge in [0, 0.05) is 25.0 Å². The van der Waals surface area contributed by atoms with Crippen molar-refractivity contribution < 1.29 is 14.3 Å². The van der Waals surface area contributed by atoms with Gasteiger partial charge in [0.1, 0.15) is 10.4 Å². The van der Waals surface area contributed by atoms with Crippen molar-refractivity contribution in [3.63, 3.8) is 0 Å². The lowest BCUT2D eigenvalue weighted by Gasteiger charge is -2.30. The number of hydrogen-bond acceptors (Lipinski definition) is 8. The molecule has 5 rings (SSSR count). The quantitative estimate of drug-likeness (QED) is 0.472. The molecule has 0 spiro atoms. The molecule has 4 heterocycles. The number of aromatic nitrogens is 4. The summed E-state index contributed by atoms with van der Waals surface area (Å²) in [5, 5.41) is 17.6. The Balaban J connectivity index is 1.34. The van der Waals surface area contributed by atoms with Crippen molar-refractivity contribution in [3.8, 4) is 22.5 Å². The Hall–Kier alpha value is -3.81. The highest BCUT2D eigenvalue weighted by molar-refractivity contribution is 7.21. The van der Waals surface area contributed by atoms with Crippen LogP contribution < -0.4 is 10.1 Å². The van der Waals surface area contributed by atoms with E-state index in [1.54, 1.807) is 30.1 Å². The molecule has 34 heavy (non-hydrogen) atoms. The minimum Gasteiger partial charge on any atom is -0.479 e. The zero-order chi connectivity index (χ0) is 23.9. The molecule has 1 aliphatic rings.